The molecule has 0 saturated heterocycles. The van der Waals surface area contributed by atoms with Crippen molar-refractivity contribution >= 4 is 33.5 Å². The Bertz CT molecular complexity index is 586. The van der Waals surface area contributed by atoms with Crippen molar-refractivity contribution in [1.82, 2.24) is 4.98 Å². The van der Waals surface area contributed by atoms with Crippen molar-refractivity contribution in [3.8, 4) is 11.6 Å². The van der Waals surface area contributed by atoms with Crippen molar-refractivity contribution in [2.75, 3.05) is 0 Å². The van der Waals surface area contributed by atoms with E-state index in [1.165, 1.54) is 12.1 Å². The summed E-state index contributed by atoms with van der Waals surface area (Å²) in [6.07, 6.45) is 1.56. The zero-order valence-corrected chi connectivity index (χ0v) is 11.3. The van der Waals surface area contributed by atoms with Crippen molar-refractivity contribution in [3.63, 3.8) is 0 Å². The van der Waals surface area contributed by atoms with Crippen LogP contribution in [0.3, 0.4) is 0 Å². The van der Waals surface area contributed by atoms with Crippen LogP contribution in [0.5, 0.6) is 11.6 Å². The quantitative estimate of drug-likeness (QED) is 0.925. The van der Waals surface area contributed by atoms with E-state index >= 15 is 0 Å². The summed E-state index contributed by atoms with van der Waals surface area (Å²) in [6.45, 7) is 0. The Morgan fingerprint density at radius 3 is 2.56 bits per heavy atom. The fraction of sp³-hybridized carbons (Fsp3) is 0. The molecule has 0 radical (unpaired) electrons. The van der Waals surface area contributed by atoms with E-state index in [0.717, 1.165) is 4.47 Å². The number of ether oxygens (including phenoxy) is 1. The molecule has 0 aliphatic heterocycles. The van der Waals surface area contributed by atoms with Crippen LogP contribution in [0.1, 0.15) is 10.4 Å². The van der Waals surface area contributed by atoms with Gasteiger partial charge >= 0.3 is 5.97 Å². The topological polar surface area (TPSA) is 59.4 Å². The van der Waals surface area contributed by atoms with E-state index in [9.17, 15) is 4.79 Å². The molecule has 92 valence electrons. The maximum atomic E-state index is 10.7. The lowest BCUT2D eigenvalue weighted by Crippen LogP contribution is -1.95. The van der Waals surface area contributed by atoms with Crippen LogP contribution in [0.2, 0.25) is 5.02 Å². The van der Waals surface area contributed by atoms with E-state index in [4.69, 9.17) is 21.4 Å². The Balaban J connectivity index is 2.21. The third kappa shape index (κ3) is 3.00. The number of rotatable bonds is 3. The summed E-state index contributed by atoms with van der Waals surface area (Å²) < 4.78 is 6.19. The zero-order valence-electron chi connectivity index (χ0n) is 8.93. The van der Waals surface area contributed by atoms with Gasteiger partial charge in [-0.3, -0.25) is 0 Å². The van der Waals surface area contributed by atoms with Gasteiger partial charge in [0, 0.05) is 10.7 Å². The van der Waals surface area contributed by atoms with Crippen LogP contribution in [-0.2, 0) is 0 Å². The smallest absolute Gasteiger partial charge is 0.335 e. The molecule has 0 unspecified atom stereocenters. The summed E-state index contributed by atoms with van der Waals surface area (Å²) in [5.74, 6) is -0.249. The number of hydrogen-bond acceptors (Lipinski definition) is 3. The van der Waals surface area contributed by atoms with Crippen molar-refractivity contribution in [2.45, 2.75) is 0 Å². The number of hydrogen-bond donors (Lipinski definition) is 1. The van der Waals surface area contributed by atoms with E-state index in [1.54, 1.807) is 24.4 Å². The Morgan fingerprint density at radius 1 is 1.33 bits per heavy atom. The molecule has 0 saturated carbocycles. The number of carboxylic acid groups (broad SMARTS) is 1. The van der Waals surface area contributed by atoms with Crippen molar-refractivity contribution in [1.29, 1.82) is 0 Å². The first-order valence-electron chi connectivity index (χ1n) is 4.88. The molecule has 1 heterocycles. The van der Waals surface area contributed by atoms with Gasteiger partial charge in [0.25, 0.3) is 0 Å². The summed E-state index contributed by atoms with van der Waals surface area (Å²) in [6, 6.07) is 7.65. The molecule has 0 aliphatic carbocycles. The van der Waals surface area contributed by atoms with Crippen LogP contribution in [0, 0.1) is 0 Å². The predicted molar refractivity (Wildman–Crippen MR) is 70.4 cm³/mol. The zero-order chi connectivity index (χ0) is 13.1. The van der Waals surface area contributed by atoms with Crippen LogP contribution in [0.4, 0.5) is 0 Å². The number of halogens is 2. The molecule has 0 spiro atoms. The molecule has 0 atom stereocenters. The Morgan fingerprint density at radius 2 is 2.00 bits per heavy atom. The Kier molecular flexibility index (Phi) is 3.84. The summed E-state index contributed by atoms with van der Waals surface area (Å²) >= 11 is 9.19. The van der Waals surface area contributed by atoms with Gasteiger partial charge in [0.2, 0.25) is 5.88 Å². The average Bonchev–Trinajstić information content (AvgIpc) is 2.33. The largest absolute Gasteiger partial charge is 0.478 e. The minimum Gasteiger partial charge on any atom is -0.478 e. The lowest BCUT2D eigenvalue weighted by molar-refractivity contribution is 0.0697. The highest BCUT2D eigenvalue weighted by Crippen LogP contribution is 2.29. The van der Waals surface area contributed by atoms with Gasteiger partial charge in [0.1, 0.15) is 10.8 Å². The SMILES string of the molecule is O=C(O)c1ccc(Oc2ncc(Br)cc2Cl)cc1. The molecule has 1 aromatic heterocycles. The molecule has 6 heteroatoms. The van der Waals surface area contributed by atoms with E-state index < -0.39 is 5.97 Å². The lowest BCUT2D eigenvalue weighted by Gasteiger charge is -2.06. The van der Waals surface area contributed by atoms with Gasteiger partial charge in [-0.15, -0.1) is 0 Å². The highest BCUT2D eigenvalue weighted by Gasteiger charge is 2.07. The number of aromatic nitrogens is 1. The molecule has 0 bridgehead atoms. The summed E-state index contributed by atoms with van der Waals surface area (Å²) in [4.78, 5) is 14.7. The standard InChI is InChI=1S/C12H7BrClNO3/c13-8-5-10(14)11(15-6-8)18-9-3-1-7(2-4-9)12(16)17/h1-6H,(H,16,17). The number of nitrogens with zero attached hydrogens (tertiary/aromatic N) is 1. The Labute approximate surface area is 116 Å². The van der Waals surface area contributed by atoms with Crippen LogP contribution >= 0.6 is 27.5 Å². The third-order valence-corrected chi connectivity index (χ3v) is 2.79. The van der Waals surface area contributed by atoms with E-state index in [0.29, 0.717) is 10.8 Å². The molecular formula is C12H7BrClNO3. The predicted octanol–water partition coefficient (Wildman–Crippen LogP) is 3.99. The van der Waals surface area contributed by atoms with Gasteiger partial charge in [-0.1, -0.05) is 11.6 Å². The Hall–Kier alpha value is -1.59. The molecule has 2 rings (SSSR count). The molecule has 4 nitrogen and oxygen atoms in total. The first-order valence-corrected chi connectivity index (χ1v) is 6.05. The van der Waals surface area contributed by atoms with Gasteiger partial charge < -0.3 is 9.84 Å². The fourth-order valence-corrected chi connectivity index (χ4v) is 1.92. The number of carbonyl (C=O) groups is 1. The van der Waals surface area contributed by atoms with Crippen LogP contribution < -0.4 is 4.74 Å². The van der Waals surface area contributed by atoms with E-state index in [2.05, 4.69) is 20.9 Å². The van der Waals surface area contributed by atoms with Crippen molar-refractivity contribution < 1.29 is 14.6 Å². The summed E-state index contributed by atoms with van der Waals surface area (Å²) in [5.41, 5.74) is 0.192. The van der Waals surface area contributed by atoms with Gasteiger partial charge in [0.15, 0.2) is 0 Å². The highest BCUT2D eigenvalue weighted by atomic mass is 79.9. The van der Waals surface area contributed by atoms with Crippen LogP contribution in [0.25, 0.3) is 0 Å². The van der Waals surface area contributed by atoms with Gasteiger partial charge in [-0.2, -0.15) is 0 Å². The van der Waals surface area contributed by atoms with Crippen LogP contribution in [-0.4, -0.2) is 16.1 Å². The second-order valence-corrected chi connectivity index (χ2v) is 4.69. The summed E-state index contributed by atoms with van der Waals surface area (Å²) in [7, 11) is 0. The normalized spacial score (nSPS) is 10.1. The number of carboxylic acids is 1. The fourth-order valence-electron chi connectivity index (χ4n) is 1.25. The number of aromatic carboxylic acids is 1. The minimum atomic E-state index is -0.985. The molecule has 1 N–H and O–H groups in total. The van der Waals surface area contributed by atoms with Gasteiger partial charge in [-0.25, -0.2) is 9.78 Å². The molecule has 0 fully saturated rings. The molecule has 0 amide bonds. The van der Waals surface area contributed by atoms with E-state index in [-0.39, 0.29) is 11.4 Å². The first kappa shape index (κ1) is 12.9. The van der Waals surface area contributed by atoms with Crippen molar-refractivity contribution in [2.24, 2.45) is 0 Å². The minimum absolute atomic E-state index is 0.192. The molecular weight excluding hydrogens is 321 g/mol. The monoisotopic (exact) mass is 327 g/mol. The molecule has 1 aromatic carbocycles. The highest BCUT2D eigenvalue weighted by molar-refractivity contribution is 9.10. The second-order valence-electron chi connectivity index (χ2n) is 3.37. The lowest BCUT2D eigenvalue weighted by atomic mass is 10.2. The second kappa shape index (κ2) is 5.37. The first-order chi connectivity index (χ1) is 8.56. The molecule has 18 heavy (non-hydrogen) atoms. The number of benzene rings is 1. The maximum Gasteiger partial charge on any atom is 0.335 e. The van der Waals surface area contributed by atoms with E-state index in [1.807, 2.05) is 0 Å². The van der Waals surface area contributed by atoms with Gasteiger partial charge in [-0.05, 0) is 46.3 Å². The maximum absolute atomic E-state index is 10.7. The summed E-state index contributed by atoms with van der Waals surface area (Å²) in [5, 5.41) is 9.13. The third-order valence-electron chi connectivity index (χ3n) is 2.09. The van der Waals surface area contributed by atoms with Crippen molar-refractivity contribution in [3.05, 3.63) is 51.6 Å². The molecule has 2 aromatic rings. The molecule has 0 aliphatic rings. The van der Waals surface area contributed by atoms with Crippen LogP contribution in [0.15, 0.2) is 41.0 Å². The average molecular weight is 329 g/mol. The van der Waals surface area contributed by atoms with Gasteiger partial charge in [0.05, 0.1) is 5.56 Å². The number of pyridine rings is 1.